The average molecular weight is 316 g/mol. The highest BCUT2D eigenvalue weighted by molar-refractivity contribution is 9.10. The first kappa shape index (κ1) is 15.5. The molecule has 1 aromatic carbocycles. The lowest BCUT2D eigenvalue weighted by Crippen LogP contribution is -2.13. The zero-order valence-corrected chi connectivity index (χ0v) is 12.9. The van der Waals surface area contributed by atoms with Gasteiger partial charge in [0.05, 0.1) is 6.61 Å². The minimum absolute atomic E-state index is 0.0471. The summed E-state index contributed by atoms with van der Waals surface area (Å²) in [6.45, 7) is 8.13. The summed E-state index contributed by atoms with van der Waals surface area (Å²) in [4.78, 5) is 0. The molecule has 102 valence electrons. The molecule has 0 saturated heterocycles. The van der Waals surface area contributed by atoms with Crippen molar-refractivity contribution in [1.82, 2.24) is 0 Å². The van der Waals surface area contributed by atoms with Crippen LogP contribution in [0.2, 0.25) is 0 Å². The number of hydrogen-bond donors (Lipinski definition) is 1. The van der Waals surface area contributed by atoms with Gasteiger partial charge in [-0.3, -0.25) is 0 Å². The highest BCUT2D eigenvalue weighted by atomic mass is 79.9. The standard InChI is InChI=1S/C14H22BrNO2/c1-10(2)9-17-6-7-18-14-5-4-12(15)8-13(14)11(3)16/h4-5,8,10-11H,6-7,9,16H2,1-3H3/t11-/m0/s1. The maximum atomic E-state index is 5.92. The molecule has 1 rings (SSSR count). The van der Waals surface area contributed by atoms with Crippen molar-refractivity contribution in [3.05, 3.63) is 28.2 Å². The van der Waals surface area contributed by atoms with Gasteiger partial charge in [-0.2, -0.15) is 0 Å². The van der Waals surface area contributed by atoms with Crippen LogP contribution in [-0.2, 0) is 4.74 Å². The summed E-state index contributed by atoms with van der Waals surface area (Å²) >= 11 is 3.44. The number of nitrogens with two attached hydrogens (primary N) is 1. The zero-order valence-electron chi connectivity index (χ0n) is 11.3. The van der Waals surface area contributed by atoms with Crippen molar-refractivity contribution in [2.45, 2.75) is 26.8 Å². The fourth-order valence-corrected chi connectivity index (χ4v) is 1.91. The maximum absolute atomic E-state index is 5.92. The molecule has 0 saturated carbocycles. The van der Waals surface area contributed by atoms with E-state index in [1.54, 1.807) is 0 Å². The maximum Gasteiger partial charge on any atom is 0.124 e. The van der Waals surface area contributed by atoms with Gasteiger partial charge < -0.3 is 15.2 Å². The fourth-order valence-electron chi connectivity index (χ4n) is 1.54. The Morgan fingerprint density at radius 3 is 2.56 bits per heavy atom. The monoisotopic (exact) mass is 315 g/mol. The quantitative estimate of drug-likeness (QED) is 0.783. The smallest absolute Gasteiger partial charge is 0.124 e. The summed E-state index contributed by atoms with van der Waals surface area (Å²) in [5.41, 5.74) is 6.93. The molecule has 0 heterocycles. The predicted octanol–water partition coefficient (Wildman–Crippen LogP) is 3.52. The molecule has 0 bridgehead atoms. The van der Waals surface area contributed by atoms with Gasteiger partial charge in [-0.05, 0) is 31.0 Å². The molecule has 0 aliphatic carbocycles. The molecular formula is C14H22BrNO2. The number of ether oxygens (including phenoxy) is 2. The van der Waals surface area contributed by atoms with E-state index in [2.05, 4.69) is 29.8 Å². The minimum atomic E-state index is -0.0471. The van der Waals surface area contributed by atoms with E-state index in [0.29, 0.717) is 19.1 Å². The van der Waals surface area contributed by atoms with Crippen molar-refractivity contribution in [3.63, 3.8) is 0 Å². The van der Waals surface area contributed by atoms with Crippen LogP contribution < -0.4 is 10.5 Å². The van der Waals surface area contributed by atoms with Crippen LogP contribution in [-0.4, -0.2) is 19.8 Å². The molecule has 0 aromatic heterocycles. The summed E-state index contributed by atoms with van der Waals surface area (Å²) < 4.78 is 12.2. The van der Waals surface area contributed by atoms with Gasteiger partial charge in [0, 0.05) is 22.7 Å². The van der Waals surface area contributed by atoms with E-state index >= 15 is 0 Å². The van der Waals surface area contributed by atoms with Crippen LogP contribution in [0.1, 0.15) is 32.4 Å². The SMILES string of the molecule is CC(C)COCCOc1ccc(Br)cc1[C@H](C)N. The highest BCUT2D eigenvalue weighted by Gasteiger charge is 2.08. The van der Waals surface area contributed by atoms with Crippen molar-refractivity contribution in [2.24, 2.45) is 11.7 Å². The van der Waals surface area contributed by atoms with E-state index in [-0.39, 0.29) is 6.04 Å². The third-order valence-electron chi connectivity index (χ3n) is 2.40. The zero-order chi connectivity index (χ0) is 13.5. The predicted molar refractivity (Wildman–Crippen MR) is 77.9 cm³/mol. The van der Waals surface area contributed by atoms with Crippen molar-refractivity contribution in [3.8, 4) is 5.75 Å². The molecule has 0 radical (unpaired) electrons. The van der Waals surface area contributed by atoms with Crippen LogP contribution in [0.15, 0.2) is 22.7 Å². The van der Waals surface area contributed by atoms with E-state index in [1.807, 2.05) is 25.1 Å². The fraction of sp³-hybridized carbons (Fsp3) is 0.571. The topological polar surface area (TPSA) is 44.5 Å². The highest BCUT2D eigenvalue weighted by Crippen LogP contribution is 2.27. The Labute approximate surface area is 118 Å². The van der Waals surface area contributed by atoms with E-state index in [1.165, 1.54) is 0 Å². The van der Waals surface area contributed by atoms with Gasteiger partial charge in [0.15, 0.2) is 0 Å². The summed E-state index contributed by atoms with van der Waals surface area (Å²) in [6.07, 6.45) is 0. The largest absolute Gasteiger partial charge is 0.491 e. The van der Waals surface area contributed by atoms with E-state index in [9.17, 15) is 0 Å². The molecule has 18 heavy (non-hydrogen) atoms. The summed E-state index contributed by atoms with van der Waals surface area (Å²) in [5.74, 6) is 1.39. The second-order valence-electron chi connectivity index (χ2n) is 4.79. The second-order valence-corrected chi connectivity index (χ2v) is 5.70. The molecule has 3 nitrogen and oxygen atoms in total. The first-order valence-corrected chi connectivity index (χ1v) is 7.05. The van der Waals surface area contributed by atoms with Gasteiger partial charge in [-0.25, -0.2) is 0 Å². The normalized spacial score (nSPS) is 12.8. The van der Waals surface area contributed by atoms with E-state index < -0.39 is 0 Å². The van der Waals surface area contributed by atoms with Crippen LogP contribution in [0.4, 0.5) is 0 Å². The van der Waals surface area contributed by atoms with Crippen molar-refractivity contribution < 1.29 is 9.47 Å². The molecule has 1 atom stereocenters. The molecule has 0 aliphatic rings. The van der Waals surface area contributed by atoms with Gasteiger partial charge in [-0.1, -0.05) is 29.8 Å². The van der Waals surface area contributed by atoms with Crippen LogP contribution in [0, 0.1) is 5.92 Å². The molecule has 0 aliphatic heterocycles. The molecular weight excluding hydrogens is 294 g/mol. The molecule has 0 fully saturated rings. The number of hydrogen-bond acceptors (Lipinski definition) is 3. The van der Waals surface area contributed by atoms with E-state index in [0.717, 1.165) is 22.4 Å². The Balaban J connectivity index is 2.46. The summed E-state index contributed by atoms with van der Waals surface area (Å²) in [5, 5.41) is 0. The number of rotatable bonds is 7. The first-order valence-electron chi connectivity index (χ1n) is 6.26. The Morgan fingerprint density at radius 2 is 1.94 bits per heavy atom. The lowest BCUT2D eigenvalue weighted by atomic mass is 10.1. The van der Waals surface area contributed by atoms with Crippen molar-refractivity contribution in [1.29, 1.82) is 0 Å². The van der Waals surface area contributed by atoms with Crippen LogP contribution in [0.3, 0.4) is 0 Å². The lowest BCUT2D eigenvalue weighted by Gasteiger charge is -2.15. The number of halogens is 1. The molecule has 2 N–H and O–H groups in total. The molecule has 1 aromatic rings. The van der Waals surface area contributed by atoms with E-state index in [4.69, 9.17) is 15.2 Å². The van der Waals surface area contributed by atoms with Crippen LogP contribution in [0.25, 0.3) is 0 Å². The molecule has 0 spiro atoms. The average Bonchev–Trinajstić information content (AvgIpc) is 2.29. The van der Waals surface area contributed by atoms with Gasteiger partial charge in [0.1, 0.15) is 12.4 Å². The number of benzene rings is 1. The Kier molecular flexibility index (Phi) is 6.68. The van der Waals surface area contributed by atoms with Crippen molar-refractivity contribution >= 4 is 15.9 Å². The Morgan fingerprint density at radius 1 is 1.22 bits per heavy atom. The van der Waals surface area contributed by atoms with Gasteiger partial charge in [0.2, 0.25) is 0 Å². The molecule has 0 amide bonds. The van der Waals surface area contributed by atoms with Crippen LogP contribution >= 0.6 is 15.9 Å². The third-order valence-corrected chi connectivity index (χ3v) is 2.89. The second kappa shape index (κ2) is 7.77. The summed E-state index contributed by atoms with van der Waals surface area (Å²) in [7, 11) is 0. The van der Waals surface area contributed by atoms with Gasteiger partial charge >= 0.3 is 0 Å². The van der Waals surface area contributed by atoms with Gasteiger partial charge in [0.25, 0.3) is 0 Å². The first-order chi connectivity index (χ1) is 8.50. The Hall–Kier alpha value is -0.580. The lowest BCUT2D eigenvalue weighted by molar-refractivity contribution is 0.0815. The van der Waals surface area contributed by atoms with Crippen LogP contribution in [0.5, 0.6) is 5.75 Å². The summed E-state index contributed by atoms with van der Waals surface area (Å²) in [6, 6.07) is 5.84. The third kappa shape index (κ3) is 5.38. The Bertz CT molecular complexity index is 367. The minimum Gasteiger partial charge on any atom is -0.491 e. The molecule has 0 unspecified atom stereocenters. The van der Waals surface area contributed by atoms with Crippen molar-refractivity contribution in [2.75, 3.05) is 19.8 Å². The molecule has 4 heteroatoms. The van der Waals surface area contributed by atoms with Gasteiger partial charge in [-0.15, -0.1) is 0 Å².